The molecular weight excluding hydrogens is 242 g/mol. The predicted octanol–water partition coefficient (Wildman–Crippen LogP) is 3.44. The second-order valence-corrected chi connectivity index (χ2v) is 4.69. The van der Waals surface area contributed by atoms with E-state index < -0.39 is 0 Å². The summed E-state index contributed by atoms with van der Waals surface area (Å²) in [5.41, 5.74) is 0.880. The Kier molecular flexibility index (Phi) is 3.47. The van der Waals surface area contributed by atoms with Gasteiger partial charge in [-0.05, 0) is 31.3 Å². The summed E-state index contributed by atoms with van der Waals surface area (Å²) in [7, 11) is 0. The van der Waals surface area contributed by atoms with Gasteiger partial charge in [0.2, 0.25) is 5.13 Å². The Labute approximate surface area is 101 Å². The highest BCUT2D eigenvalue weighted by atomic mass is 32.1. The smallest absolute Gasteiger partial charge is 0.249 e. The van der Waals surface area contributed by atoms with Gasteiger partial charge in [-0.2, -0.15) is 5.11 Å². The zero-order valence-electron chi connectivity index (χ0n) is 8.49. The van der Waals surface area contributed by atoms with Crippen LogP contribution in [0, 0.1) is 3.95 Å². The van der Waals surface area contributed by atoms with Crippen molar-refractivity contribution in [2.24, 2.45) is 10.2 Å². The van der Waals surface area contributed by atoms with Crippen molar-refractivity contribution in [1.29, 1.82) is 0 Å². The summed E-state index contributed by atoms with van der Waals surface area (Å²) in [5.74, 6) is 0. The fourth-order valence-electron chi connectivity index (χ4n) is 1.08. The number of pyridine rings is 1. The van der Waals surface area contributed by atoms with Gasteiger partial charge >= 0.3 is 0 Å². The molecule has 0 aromatic carbocycles. The Balaban J connectivity index is 2.10. The molecule has 82 valence electrons. The van der Waals surface area contributed by atoms with Gasteiger partial charge in [0.15, 0.2) is 3.95 Å². The molecule has 2 rings (SSSR count). The van der Waals surface area contributed by atoms with Crippen LogP contribution in [0.5, 0.6) is 0 Å². The molecule has 2 heterocycles. The molecule has 0 saturated carbocycles. The minimum atomic E-state index is -0.0846. The van der Waals surface area contributed by atoms with Gasteiger partial charge in [-0.3, -0.25) is 10.1 Å². The van der Waals surface area contributed by atoms with E-state index in [2.05, 4.69) is 25.4 Å². The average molecular weight is 251 g/mol. The number of H-pyrrole nitrogens is 1. The van der Waals surface area contributed by atoms with Gasteiger partial charge in [0.25, 0.3) is 0 Å². The lowest BCUT2D eigenvalue weighted by Crippen LogP contribution is -1.91. The highest BCUT2D eigenvalue weighted by Gasteiger charge is 2.04. The molecular formula is C9H9N5S2. The average Bonchev–Trinajstić information content (AvgIpc) is 2.73. The quantitative estimate of drug-likeness (QED) is 0.671. The second-order valence-electron chi connectivity index (χ2n) is 3.04. The molecule has 0 spiro atoms. The van der Waals surface area contributed by atoms with Gasteiger partial charge in [0.1, 0.15) is 6.04 Å². The molecule has 7 heteroatoms. The van der Waals surface area contributed by atoms with Gasteiger partial charge < -0.3 is 0 Å². The van der Waals surface area contributed by atoms with E-state index in [4.69, 9.17) is 12.2 Å². The number of aromatic amines is 1. The minimum Gasteiger partial charge on any atom is -0.259 e. The van der Waals surface area contributed by atoms with Crippen LogP contribution in [0.25, 0.3) is 0 Å². The number of nitrogens with one attached hydrogen (secondary N) is 1. The number of azo groups is 1. The van der Waals surface area contributed by atoms with E-state index in [0.717, 1.165) is 5.69 Å². The third-order valence-electron chi connectivity index (χ3n) is 1.86. The van der Waals surface area contributed by atoms with Crippen molar-refractivity contribution < 1.29 is 0 Å². The summed E-state index contributed by atoms with van der Waals surface area (Å²) in [6, 6.07) is 5.62. The zero-order valence-corrected chi connectivity index (χ0v) is 10.1. The monoisotopic (exact) mass is 251 g/mol. The van der Waals surface area contributed by atoms with E-state index in [0.29, 0.717) is 9.09 Å². The van der Waals surface area contributed by atoms with E-state index >= 15 is 0 Å². The van der Waals surface area contributed by atoms with Gasteiger partial charge in [0, 0.05) is 6.20 Å². The Morgan fingerprint density at radius 2 is 2.38 bits per heavy atom. The summed E-state index contributed by atoms with van der Waals surface area (Å²) < 4.78 is 0.597. The Morgan fingerprint density at radius 1 is 1.50 bits per heavy atom. The molecule has 1 unspecified atom stereocenters. The first kappa shape index (κ1) is 11.0. The molecule has 0 radical (unpaired) electrons. The molecule has 16 heavy (non-hydrogen) atoms. The maximum atomic E-state index is 4.89. The number of hydrogen-bond acceptors (Lipinski definition) is 6. The van der Waals surface area contributed by atoms with Gasteiger partial charge in [-0.1, -0.05) is 17.4 Å². The minimum absolute atomic E-state index is 0.0846. The second kappa shape index (κ2) is 5.04. The molecule has 1 N–H and O–H groups in total. The number of nitrogens with zero attached hydrogens (tertiary/aromatic N) is 4. The third kappa shape index (κ3) is 2.77. The molecule has 2 aromatic rings. The van der Waals surface area contributed by atoms with Crippen molar-refractivity contribution in [2.75, 3.05) is 0 Å². The van der Waals surface area contributed by atoms with Crippen LogP contribution < -0.4 is 0 Å². The maximum absolute atomic E-state index is 4.89. The molecule has 5 nitrogen and oxygen atoms in total. The summed E-state index contributed by atoms with van der Waals surface area (Å²) >= 11 is 6.18. The summed E-state index contributed by atoms with van der Waals surface area (Å²) in [6.45, 7) is 1.93. The van der Waals surface area contributed by atoms with Crippen molar-refractivity contribution in [3.8, 4) is 0 Å². The standard InChI is InChI=1S/C9H9N5S2/c1-6(7-4-2-3-5-10-7)11-12-8-13-14-9(15)16-8/h2-6H,1H3,(H,14,15). The van der Waals surface area contributed by atoms with Crippen molar-refractivity contribution >= 4 is 28.7 Å². The maximum Gasteiger partial charge on any atom is 0.249 e. The summed E-state index contributed by atoms with van der Waals surface area (Å²) in [5, 5.41) is 15.2. The highest BCUT2D eigenvalue weighted by molar-refractivity contribution is 7.73. The normalized spacial score (nSPS) is 13.1. The first-order valence-electron chi connectivity index (χ1n) is 4.63. The van der Waals surface area contributed by atoms with Crippen LogP contribution in [0.15, 0.2) is 34.6 Å². The molecule has 0 aliphatic carbocycles. The summed E-state index contributed by atoms with van der Waals surface area (Å²) in [4.78, 5) is 4.20. The van der Waals surface area contributed by atoms with Crippen LogP contribution >= 0.6 is 23.6 Å². The van der Waals surface area contributed by atoms with Gasteiger partial charge in [0.05, 0.1) is 5.69 Å². The molecule has 2 aromatic heterocycles. The number of hydrogen-bond donors (Lipinski definition) is 1. The SMILES string of the molecule is CC(N=Nc1n[nH]c(=S)s1)c1ccccn1. The van der Waals surface area contributed by atoms with E-state index in [1.54, 1.807) is 6.20 Å². The van der Waals surface area contributed by atoms with E-state index in [9.17, 15) is 0 Å². The Bertz CT molecular complexity index is 530. The van der Waals surface area contributed by atoms with Gasteiger partial charge in [-0.25, -0.2) is 0 Å². The van der Waals surface area contributed by atoms with Crippen LogP contribution in [0.1, 0.15) is 18.7 Å². The lowest BCUT2D eigenvalue weighted by molar-refractivity contribution is 0.733. The highest BCUT2D eigenvalue weighted by Crippen LogP contribution is 2.20. The number of aromatic nitrogens is 3. The zero-order chi connectivity index (χ0) is 11.4. The van der Waals surface area contributed by atoms with Crippen molar-refractivity contribution in [3.63, 3.8) is 0 Å². The van der Waals surface area contributed by atoms with Crippen molar-refractivity contribution in [1.82, 2.24) is 15.2 Å². The van der Waals surface area contributed by atoms with Crippen LogP contribution in [-0.2, 0) is 0 Å². The van der Waals surface area contributed by atoms with Gasteiger partial charge in [-0.15, -0.1) is 10.2 Å². The first-order valence-corrected chi connectivity index (χ1v) is 5.85. The fraction of sp³-hybridized carbons (Fsp3) is 0.222. The van der Waals surface area contributed by atoms with E-state index in [-0.39, 0.29) is 6.04 Å². The molecule has 0 amide bonds. The van der Waals surface area contributed by atoms with E-state index in [1.807, 2.05) is 25.1 Å². The molecule has 0 aliphatic heterocycles. The number of rotatable bonds is 3. The topological polar surface area (TPSA) is 66.3 Å². The van der Waals surface area contributed by atoms with E-state index in [1.165, 1.54) is 11.3 Å². The lowest BCUT2D eigenvalue weighted by atomic mass is 10.2. The molecule has 0 aliphatic rings. The van der Waals surface area contributed by atoms with Crippen molar-refractivity contribution in [3.05, 3.63) is 34.0 Å². The first-order chi connectivity index (χ1) is 7.75. The largest absolute Gasteiger partial charge is 0.259 e. The van der Waals surface area contributed by atoms with Crippen molar-refractivity contribution in [2.45, 2.75) is 13.0 Å². The molecule has 0 saturated heterocycles. The Hall–Kier alpha value is -1.47. The predicted molar refractivity (Wildman–Crippen MR) is 64.5 cm³/mol. The molecule has 0 bridgehead atoms. The fourth-order valence-corrected chi connectivity index (χ4v) is 1.79. The third-order valence-corrected chi connectivity index (χ3v) is 2.83. The van der Waals surface area contributed by atoms with Crippen LogP contribution in [-0.4, -0.2) is 15.2 Å². The molecule has 1 atom stereocenters. The summed E-state index contributed by atoms with van der Waals surface area (Å²) in [6.07, 6.45) is 1.74. The van der Waals surface area contributed by atoms with Crippen LogP contribution in [0.3, 0.4) is 0 Å². The van der Waals surface area contributed by atoms with Crippen LogP contribution in [0.4, 0.5) is 5.13 Å². The Morgan fingerprint density at radius 3 is 3.00 bits per heavy atom. The lowest BCUT2D eigenvalue weighted by Gasteiger charge is -2.01. The van der Waals surface area contributed by atoms with Crippen LogP contribution in [0.2, 0.25) is 0 Å². The molecule has 0 fully saturated rings.